The van der Waals surface area contributed by atoms with Crippen LogP contribution in [0, 0.1) is 17.3 Å². The van der Waals surface area contributed by atoms with E-state index in [2.05, 4.69) is 64.4 Å². The molecule has 2 aromatic rings. The van der Waals surface area contributed by atoms with Crippen LogP contribution in [-0.2, 0) is 6.54 Å². The van der Waals surface area contributed by atoms with Gasteiger partial charge in [0.2, 0.25) is 0 Å². The molecule has 0 unspecified atom stereocenters. The molecule has 3 aliphatic rings. The molecule has 1 fully saturated rings. The summed E-state index contributed by atoms with van der Waals surface area (Å²) in [4.78, 5) is 0. The van der Waals surface area contributed by atoms with Crippen molar-refractivity contribution in [3.05, 3.63) is 59.7 Å². The summed E-state index contributed by atoms with van der Waals surface area (Å²) in [5, 5.41) is 0. The van der Waals surface area contributed by atoms with E-state index in [1.165, 1.54) is 24.0 Å². The highest BCUT2D eigenvalue weighted by Gasteiger charge is 2.52. The van der Waals surface area contributed by atoms with Gasteiger partial charge >= 0.3 is 0 Å². The lowest BCUT2D eigenvalue weighted by Gasteiger charge is -2.57. The first-order chi connectivity index (χ1) is 14.2. The maximum Gasteiger partial charge on any atom is 0.161 e. The maximum atomic E-state index is 5.45. The second-order valence-corrected chi connectivity index (χ2v) is 10.3. The first-order valence-corrected chi connectivity index (χ1v) is 11.1. The predicted molar refractivity (Wildman–Crippen MR) is 124 cm³/mol. The number of nitrogens with zero attached hydrogens (tertiary/aromatic N) is 1. The summed E-state index contributed by atoms with van der Waals surface area (Å²) in [7, 11) is 8.07. The van der Waals surface area contributed by atoms with E-state index in [0.29, 0.717) is 5.41 Å². The minimum absolute atomic E-state index is 0.505. The van der Waals surface area contributed by atoms with Gasteiger partial charge in [-0.3, -0.25) is 0 Å². The van der Waals surface area contributed by atoms with Gasteiger partial charge in [0.1, 0.15) is 13.1 Å². The fourth-order valence-electron chi connectivity index (χ4n) is 5.52. The summed E-state index contributed by atoms with van der Waals surface area (Å²) >= 11 is 0. The molecule has 0 saturated heterocycles. The average molecular weight is 407 g/mol. The van der Waals surface area contributed by atoms with Gasteiger partial charge in [-0.05, 0) is 58.9 Å². The van der Waals surface area contributed by atoms with Gasteiger partial charge < -0.3 is 14.0 Å². The SMILES string of the molecule is COc1ccc(-c2ccc(C[N+](C)(C)CC3=CC[C@H]4C[C@@H]3C4(C)C)cc2)cc1OC. The van der Waals surface area contributed by atoms with E-state index in [1.54, 1.807) is 19.8 Å². The number of quaternary nitrogens is 1. The normalized spacial score (nSPS) is 22.1. The Bertz CT molecular complexity index is 940. The van der Waals surface area contributed by atoms with Gasteiger partial charge in [0.15, 0.2) is 11.5 Å². The fourth-order valence-corrected chi connectivity index (χ4v) is 5.52. The molecule has 0 radical (unpaired) electrons. The zero-order chi connectivity index (χ0) is 21.5. The van der Waals surface area contributed by atoms with Gasteiger partial charge in [-0.25, -0.2) is 0 Å². The number of hydrogen-bond acceptors (Lipinski definition) is 2. The van der Waals surface area contributed by atoms with E-state index < -0.39 is 0 Å². The quantitative estimate of drug-likeness (QED) is 0.418. The van der Waals surface area contributed by atoms with Gasteiger partial charge in [0.05, 0.1) is 28.3 Å². The third kappa shape index (κ3) is 3.88. The van der Waals surface area contributed by atoms with Crippen molar-refractivity contribution in [3.8, 4) is 22.6 Å². The Labute approximate surface area is 181 Å². The highest BCUT2D eigenvalue weighted by molar-refractivity contribution is 5.67. The number of hydrogen-bond donors (Lipinski definition) is 0. The van der Waals surface area contributed by atoms with E-state index in [1.807, 2.05) is 12.1 Å². The van der Waals surface area contributed by atoms with Gasteiger partial charge in [-0.2, -0.15) is 0 Å². The van der Waals surface area contributed by atoms with Crippen LogP contribution < -0.4 is 9.47 Å². The molecule has 0 aliphatic heterocycles. The molecule has 0 heterocycles. The van der Waals surface area contributed by atoms with Crippen molar-refractivity contribution < 1.29 is 14.0 Å². The molecule has 0 amide bonds. The molecule has 5 rings (SSSR count). The predicted octanol–water partition coefficient (Wildman–Crippen LogP) is 5.94. The molecule has 0 spiro atoms. The molecule has 3 heteroatoms. The number of fused-ring (bicyclic) bond motifs is 1. The van der Waals surface area contributed by atoms with Gasteiger partial charge in [-0.15, -0.1) is 0 Å². The van der Waals surface area contributed by atoms with Crippen molar-refractivity contribution in [2.24, 2.45) is 17.3 Å². The van der Waals surface area contributed by atoms with E-state index in [-0.39, 0.29) is 0 Å². The van der Waals surface area contributed by atoms with E-state index in [9.17, 15) is 0 Å². The number of methoxy groups -OCH3 is 2. The summed E-state index contributed by atoms with van der Waals surface area (Å²) in [6, 6.07) is 15.1. The summed E-state index contributed by atoms with van der Waals surface area (Å²) in [5.41, 5.74) is 5.91. The van der Waals surface area contributed by atoms with Crippen LogP contribution in [-0.4, -0.2) is 39.3 Å². The van der Waals surface area contributed by atoms with Crippen LogP contribution in [0.5, 0.6) is 11.5 Å². The molecule has 1 saturated carbocycles. The van der Waals surface area contributed by atoms with Crippen LogP contribution in [0.1, 0.15) is 32.3 Å². The highest BCUT2D eigenvalue weighted by Crippen LogP contribution is 2.59. The molecule has 3 aliphatic carbocycles. The van der Waals surface area contributed by atoms with Crippen LogP contribution in [0.15, 0.2) is 54.1 Å². The number of allylic oxidation sites excluding steroid dienone is 1. The molecule has 0 aromatic heterocycles. The maximum absolute atomic E-state index is 5.45. The lowest BCUT2D eigenvalue weighted by atomic mass is 9.49. The molecular weight excluding hydrogens is 370 g/mol. The first-order valence-electron chi connectivity index (χ1n) is 11.1. The van der Waals surface area contributed by atoms with E-state index in [4.69, 9.17) is 9.47 Å². The van der Waals surface area contributed by atoms with Crippen molar-refractivity contribution in [2.45, 2.75) is 33.2 Å². The minimum atomic E-state index is 0.505. The van der Waals surface area contributed by atoms with Gasteiger partial charge in [0, 0.05) is 5.56 Å². The third-order valence-electron chi connectivity index (χ3n) is 7.47. The highest BCUT2D eigenvalue weighted by atomic mass is 16.5. The molecule has 2 aromatic carbocycles. The number of ether oxygens (including phenoxy) is 2. The van der Waals surface area contributed by atoms with Crippen molar-refractivity contribution in [1.29, 1.82) is 0 Å². The smallest absolute Gasteiger partial charge is 0.161 e. The van der Waals surface area contributed by atoms with Crippen LogP contribution in [0.4, 0.5) is 0 Å². The zero-order valence-corrected chi connectivity index (χ0v) is 19.4. The Hall–Kier alpha value is -2.26. The topological polar surface area (TPSA) is 18.5 Å². The van der Waals surface area contributed by atoms with Crippen molar-refractivity contribution in [2.75, 3.05) is 34.9 Å². The largest absolute Gasteiger partial charge is 0.493 e. The monoisotopic (exact) mass is 406 g/mol. The summed E-state index contributed by atoms with van der Waals surface area (Å²) in [5.74, 6) is 3.22. The van der Waals surface area contributed by atoms with Gasteiger partial charge in [-0.1, -0.05) is 50.3 Å². The van der Waals surface area contributed by atoms with Crippen molar-refractivity contribution in [3.63, 3.8) is 0 Å². The summed E-state index contributed by atoms with van der Waals surface area (Å²) < 4.78 is 11.8. The average Bonchev–Trinajstić information content (AvgIpc) is 2.73. The molecule has 2 bridgehead atoms. The standard InChI is InChI=1S/C27H36NO2/c1-27(2)23-13-11-22(24(27)16-23)18-28(3,4)17-19-7-9-20(10-8-19)21-12-14-25(29-5)26(15-21)30-6/h7-12,14-15,23-24H,13,16-18H2,1-6H3/q+1/t23-,24-/m0/s1. The molecule has 3 nitrogen and oxygen atoms in total. The Morgan fingerprint density at radius 3 is 2.17 bits per heavy atom. The minimum Gasteiger partial charge on any atom is -0.493 e. The van der Waals surface area contributed by atoms with Crippen molar-refractivity contribution >= 4 is 0 Å². The second kappa shape index (κ2) is 7.77. The first kappa shape index (κ1) is 21.0. The molecule has 2 atom stereocenters. The lowest BCUT2D eigenvalue weighted by Crippen LogP contribution is -2.52. The van der Waals surface area contributed by atoms with E-state index in [0.717, 1.165) is 46.5 Å². The van der Waals surface area contributed by atoms with Crippen LogP contribution >= 0.6 is 0 Å². The molecule has 160 valence electrons. The number of benzene rings is 2. The molecule has 0 N–H and O–H groups in total. The Morgan fingerprint density at radius 2 is 1.57 bits per heavy atom. The molecule has 30 heavy (non-hydrogen) atoms. The zero-order valence-electron chi connectivity index (χ0n) is 19.4. The molecular formula is C27H36NO2+. The third-order valence-corrected chi connectivity index (χ3v) is 7.47. The lowest BCUT2D eigenvalue weighted by molar-refractivity contribution is -0.899. The number of rotatable bonds is 7. The van der Waals surface area contributed by atoms with Gasteiger partial charge in [0.25, 0.3) is 0 Å². The van der Waals surface area contributed by atoms with Crippen LogP contribution in [0.3, 0.4) is 0 Å². The Balaban J connectivity index is 1.45. The second-order valence-electron chi connectivity index (χ2n) is 10.3. The van der Waals surface area contributed by atoms with Crippen molar-refractivity contribution in [1.82, 2.24) is 0 Å². The Kier molecular flexibility index (Phi) is 5.44. The van der Waals surface area contributed by atoms with Crippen LogP contribution in [0.2, 0.25) is 0 Å². The summed E-state index contributed by atoms with van der Waals surface area (Å²) in [6.07, 6.45) is 5.22. The number of likely N-dealkylation sites (N-methyl/N-ethyl adjacent to an activating group) is 1. The van der Waals surface area contributed by atoms with Crippen LogP contribution in [0.25, 0.3) is 11.1 Å². The summed E-state index contributed by atoms with van der Waals surface area (Å²) in [6.45, 7) is 7.12. The Morgan fingerprint density at radius 1 is 0.900 bits per heavy atom. The van der Waals surface area contributed by atoms with E-state index >= 15 is 0 Å². The fraction of sp³-hybridized carbons (Fsp3) is 0.481.